The number of hydrogen-bond acceptors (Lipinski definition) is 6. The van der Waals surface area contributed by atoms with Crippen LogP contribution in [-0.4, -0.2) is 39.3 Å². The van der Waals surface area contributed by atoms with E-state index in [1.54, 1.807) is 0 Å². The Kier molecular flexibility index (Phi) is 5.17. The Morgan fingerprint density at radius 3 is 2.74 bits per heavy atom. The van der Waals surface area contributed by atoms with Crippen molar-refractivity contribution in [1.29, 1.82) is 0 Å². The third kappa shape index (κ3) is 3.99. The van der Waals surface area contributed by atoms with Crippen molar-refractivity contribution in [3.05, 3.63) is 77.6 Å². The molecular weight excluding hydrogens is 438 g/mol. The van der Waals surface area contributed by atoms with Crippen molar-refractivity contribution < 1.29 is 0 Å². The van der Waals surface area contributed by atoms with E-state index in [1.807, 2.05) is 59.0 Å². The highest BCUT2D eigenvalue weighted by molar-refractivity contribution is 5.72. The van der Waals surface area contributed by atoms with Gasteiger partial charge in [-0.15, -0.1) is 0 Å². The molecule has 9 heteroatoms. The van der Waals surface area contributed by atoms with Gasteiger partial charge in [-0.25, -0.2) is 9.97 Å². The molecule has 35 heavy (non-hydrogen) atoms. The largest absolute Gasteiger partial charge is 0.307 e. The first-order chi connectivity index (χ1) is 17.1. The molecule has 0 radical (unpaired) electrons. The highest BCUT2D eigenvalue weighted by Gasteiger charge is 2.26. The van der Waals surface area contributed by atoms with Crippen LogP contribution < -0.4 is 5.32 Å². The number of rotatable bonds is 6. The van der Waals surface area contributed by atoms with Crippen molar-refractivity contribution in [2.75, 3.05) is 5.32 Å². The topological polar surface area (TPSA) is 91.3 Å². The summed E-state index contributed by atoms with van der Waals surface area (Å²) in [5.41, 5.74) is 8.99. The second kappa shape index (κ2) is 8.50. The molecule has 0 spiro atoms. The highest BCUT2D eigenvalue weighted by Crippen LogP contribution is 2.36. The van der Waals surface area contributed by atoms with Crippen LogP contribution in [-0.2, 0) is 39.9 Å². The Bertz CT molecular complexity index is 1520. The number of aryl methyl sites for hydroxylation is 5. The minimum absolute atomic E-state index is 0.548. The zero-order valence-corrected chi connectivity index (χ0v) is 20.1. The summed E-state index contributed by atoms with van der Waals surface area (Å²) in [6.45, 7) is 2.88. The summed E-state index contributed by atoms with van der Waals surface area (Å²) in [5, 5.41) is 16.9. The molecule has 0 bridgehead atoms. The molecule has 1 aliphatic rings. The van der Waals surface area contributed by atoms with E-state index in [1.165, 1.54) is 5.56 Å². The minimum atomic E-state index is 0.548. The van der Waals surface area contributed by atoms with Crippen molar-refractivity contribution >= 4 is 11.8 Å². The van der Waals surface area contributed by atoms with Crippen molar-refractivity contribution in [3.8, 4) is 22.4 Å². The Labute approximate surface area is 203 Å². The molecule has 0 atom stereocenters. The van der Waals surface area contributed by atoms with Crippen LogP contribution in [0.4, 0.5) is 11.8 Å². The summed E-state index contributed by atoms with van der Waals surface area (Å²) in [6, 6.07) is 10.6. The van der Waals surface area contributed by atoms with Gasteiger partial charge in [0.15, 0.2) is 5.82 Å². The van der Waals surface area contributed by atoms with Gasteiger partial charge in [0.1, 0.15) is 0 Å². The predicted octanol–water partition coefficient (Wildman–Crippen LogP) is 3.93. The molecule has 0 fully saturated rings. The number of fused-ring (bicyclic) bond motifs is 3. The van der Waals surface area contributed by atoms with E-state index in [0.717, 1.165) is 71.0 Å². The molecule has 5 aromatic rings. The molecular formula is C26H27N9. The van der Waals surface area contributed by atoms with Crippen LogP contribution in [0.25, 0.3) is 22.4 Å². The second-order valence-electron chi connectivity index (χ2n) is 8.92. The summed E-state index contributed by atoms with van der Waals surface area (Å²) in [4.78, 5) is 9.49. The fraction of sp³-hybridized carbons (Fsp3) is 0.269. The number of hydrogen-bond donors (Lipinski definition) is 1. The van der Waals surface area contributed by atoms with Crippen molar-refractivity contribution in [1.82, 2.24) is 39.3 Å². The lowest BCUT2D eigenvalue weighted by atomic mass is 9.91. The van der Waals surface area contributed by atoms with Gasteiger partial charge in [-0.3, -0.25) is 14.0 Å². The van der Waals surface area contributed by atoms with Crippen LogP contribution in [0.5, 0.6) is 0 Å². The van der Waals surface area contributed by atoms with E-state index in [4.69, 9.17) is 10.1 Å². The Morgan fingerprint density at radius 2 is 1.94 bits per heavy atom. The maximum atomic E-state index is 4.93. The van der Waals surface area contributed by atoms with Crippen molar-refractivity contribution in [3.63, 3.8) is 0 Å². The van der Waals surface area contributed by atoms with E-state index in [2.05, 4.69) is 51.7 Å². The molecule has 1 aliphatic carbocycles. The fourth-order valence-corrected chi connectivity index (χ4v) is 4.73. The van der Waals surface area contributed by atoms with Crippen molar-refractivity contribution in [2.45, 2.75) is 32.7 Å². The Hall–Kier alpha value is -4.27. The van der Waals surface area contributed by atoms with Crippen molar-refractivity contribution in [2.24, 2.45) is 14.1 Å². The number of aromatic nitrogens is 8. The Morgan fingerprint density at radius 1 is 1.03 bits per heavy atom. The zero-order chi connectivity index (χ0) is 23.9. The van der Waals surface area contributed by atoms with E-state index in [9.17, 15) is 0 Å². The van der Waals surface area contributed by atoms with Crippen LogP contribution in [0.1, 0.15) is 29.4 Å². The molecule has 0 saturated carbocycles. The monoisotopic (exact) mass is 465 g/mol. The SMILES string of the molecule is CCn1ccc(Nc2ncc3c(n2)-c2c(nn(C)c2Cc2cccc(-c4cnn(C)c4)c2)CC3)n1. The van der Waals surface area contributed by atoms with Gasteiger partial charge in [-0.2, -0.15) is 15.3 Å². The maximum absolute atomic E-state index is 4.93. The Balaban J connectivity index is 1.35. The predicted molar refractivity (Wildman–Crippen MR) is 134 cm³/mol. The van der Waals surface area contributed by atoms with E-state index in [-0.39, 0.29) is 0 Å². The quantitative estimate of drug-likeness (QED) is 0.409. The molecule has 0 amide bonds. The number of nitrogens with zero attached hydrogens (tertiary/aromatic N) is 8. The van der Waals surface area contributed by atoms with Gasteiger partial charge in [0.05, 0.1) is 23.3 Å². The summed E-state index contributed by atoms with van der Waals surface area (Å²) in [5.74, 6) is 1.28. The molecule has 9 nitrogen and oxygen atoms in total. The number of anilines is 2. The molecule has 6 rings (SSSR count). The fourth-order valence-electron chi connectivity index (χ4n) is 4.73. The van der Waals surface area contributed by atoms with Crippen LogP contribution in [0.15, 0.2) is 55.1 Å². The summed E-state index contributed by atoms with van der Waals surface area (Å²) < 4.78 is 5.71. The summed E-state index contributed by atoms with van der Waals surface area (Å²) in [6.07, 6.45) is 10.4. The molecule has 0 aliphatic heterocycles. The van der Waals surface area contributed by atoms with E-state index >= 15 is 0 Å². The molecule has 176 valence electrons. The second-order valence-corrected chi connectivity index (χ2v) is 8.92. The standard InChI is InChI=1S/C26H27N9/c1-4-35-11-10-23(32-35)29-26-27-14-19-8-9-21-24(25(19)30-26)22(34(3)31-21)13-17-6-5-7-18(12-17)20-15-28-33(2)16-20/h5-7,10-12,14-16H,4,8-9,13H2,1-3H3,(H,27,29,30,32). The zero-order valence-electron chi connectivity index (χ0n) is 20.1. The molecule has 1 N–H and O–H groups in total. The lowest BCUT2D eigenvalue weighted by Gasteiger charge is -2.17. The maximum Gasteiger partial charge on any atom is 0.228 e. The first kappa shape index (κ1) is 21.3. The van der Waals surface area contributed by atoms with Gasteiger partial charge in [0, 0.05) is 62.8 Å². The third-order valence-electron chi connectivity index (χ3n) is 6.51. The van der Waals surface area contributed by atoms with Gasteiger partial charge in [-0.05, 0) is 36.5 Å². The van der Waals surface area contributed by atoms with Crippen LogP contribution >= 0.6 is 0 Å². The third-order valence-corrected chi connectivity index (χ3v) is 6.51. The normalized spacial score (nSPS) is 12.4. The number of nitrogens with one attached hydrogen (secondary N) is 1. The number of benzene rings is 1. The first-order valence-electron chi connectivity index (χ1n) is 11.9. The average Bonchev–Trinajstić information content (AvgIpc) is 3.58. The molecule has 1 aromatic carbocycles. The minimum Gasteiger partial charge on any atom is -0.307 e. The first-order valence-corrected chi connectivity index (χ1v) is 11.9. The van der Waals surface area contributed by atoms with Gasteiger partial charge >= 0.3 is 0 Å². The van der Waals surface area contributed by atoms with Crippen LogP contribution in [0, 0.1) is 0 Å². The molecule has 0 saturated heterocycles. The van der Waals surface area contributed by atoms with E-state index in [0.29, 0.717) is 5.95 Å². The lowest BCUT2D eigenvalue weighted by molar-refractivity contribution is 0.662. The molecule has 4 aromatic heterocycles. The summed E-state index contributed by atoms with van der Waals surface area (Å²) in [7, 11) is 3.96. The average molecular weight is 466 g/mol. The van der Waals surface area contributed by atoms with Gasteiger partial charge in [-0.1, -0.05) is 24.3 Å². The highest BCUT2D eigenvalue weighted by atomic mass is 15.3. The lowest BCUT2D eigenvalue weighted by Crippen LogP contribution is -2.09. The molecule has 0 unspecified atom stereocenters. The van der Waals surface area contributed by atoms with Gasteiger partial charge < -0.3 is 5.32 Å². The van der Waals surface area contributed by atoms with Gasteiger partial charge in [0.25, 0.3) is 0 Å². The smallest absolute Gasteiger partial charge is 0.228 e. The molecule has 4 heterocycles. The summed E-state index contributed by atoms with van der Waals surface area (Å²) >= 11 is 0. The van der Waals surface area contributed by atoms with Crippen LogP contribution in [0.2, 0.25) is 0 Å². The van der Waals surface area contributed by atoms with Crippen LogP contribution in [0.3, 0.4) is 0 Å². The van der Waals surface area contributed by atoms with Gasteiger partial charge in [0.2, 0.25) is 5.95 Å². The van der Waals surface area contributed by atoms with E-state index < -0.39 is 0 Å².